The molecule has 21 heavy (non-hydrogen) atoms. The third kappa shape index (κ3) is 6.06. The Labute approximate surface area is 129 Å². The van der Waals surface area contributed by atoms with Crippen LogP contribution < -0.4 is 4.74 Å². The van der Waals surface area contributed by atoms with Crippen molar-refractivity contribution in [2.75, 3.05) is 20.2 Å². The molecule has 0 spiro atoms. The molecule has 3 nitrogen and oxygen atoms in total. The highest BCUT2D eigenvalue weighted by atomic mass is 16.5. The van der Waals surface area contributed by atoms with Gasteiger partial charge in [-0.1, -0.05) is 33.8 Å². The first-order valence-corrected chi connectivity index (χ1v) is 7.90. The molecular formula is C18H31NO2. The first-order chi connectivity index (χ1) is 9.83. The second kappa shape index (κ2) is 8.40. The monoisotopic (exact) mass is 293 g/mol. The van der Waals surface area contributed by atoms with Crippen LogP contribution in [0.4, 0.5) is 0 Å². The van der Waals surface area contributed by atoms with Gasteiger partial charge < -0.3 is 9.84 Å². The maximum atomic E-state index is 9.78. The lowest BCUT2D eigenvalue weighted by atomic mass is 10.0. The molecule has 0 fully saturated rings. The summed E-state index contributed by atoms with van der Waals surface area (Å²) >= 11 is 0. The maximum absolute atomic E-state index is 9.78. The quantitative estimate of drug-likeness (QED) is 0.790. The van der Waals surface area contributed by atoms with Crippen LogP contribution in [0.2, 0.25) is 0 Å². The van der Waals surface area contributed by atoms with Gasteiger partial charge in [0.2, 0.25) is 0 Å². The largest absolute Gasteiger partial charge is 0.496 e. The van der Waals surface area contributed by atoms with Crippen LogP contribution in [0.1, 0.15) is 51.8 Å². The summed E-state index contributed by atoms with van der Waals surface area (Å²) in [5.74, 6) is 2.17. The molecule has 0 radical (unpaired) electrons. The van der Waals surface area contributed by atoms with E-state index in [4.69, 9.17) is 4.74 Å². The van der Waals surface area contributed by atoms with Gasteiger partial charge in [-0.25, -0.2) is 0 Å². The number of rotatable bonds is 8. The molecule has 0 heterocycles. The van der Waals surface area contributed by atoms with Crippen molar-refractivity contribution in [2.45, 2.75) is 47.3 Å². The van der Waals surface area contributed by atoms with Crippen molar-refractivity contribution >= 4 is 0 Å². The lowest BCUT2D eigenvalue weighted by Crippen LogP contribution is -2.31. The number of methoxy groups -OCH3 is 1. The summed E-state index contributed by atoms with van der Waals surface area (Å²) in [6.45, 7) is 13.8. The van der Waals surface area contributed by atoms with Gasteiger partial charge in [-0.3, -0.25) is 4.90 Å². The number of hydrogen-bond donors (Lipinski definition) is 1. The van der Waals surface area contributed by atoms with E-state index in [-0.39, 0.29) is 0 Å². The summed E-state index contributed by atoms with van der Waals surface area (Å²) in [5, 5.41) is 9.78. The molecule has 0 aliphatic carbocycles. The van der Waals surface area contributed by atoms with Crippen LogP contribution in [0.15, 0.2) is 18.2 Å². The van der Waals surface area contributed by atoms with Gasteiger partial charge in [0.25, 0.3) is 0 Å². The van der Waals surface area contributed by atoms with E-state index in [0.29, 0.717) is 11.8 Å². The number of hydrogen-bond acceptors (Lipinski definition) is 3. The van der Waals surface area contributed by atoms with Gasteiger partial charge in [-0.15, -0.1) is 0 Å². The van der Waals surface area contributed by atoms with E-state index >= 15 is 0 Å². The van der Waals surface area contributed by atoms with Crippen molar-refractivity contribution in [1.82, 2.24) is 4.90 Å². The molecule has 120 valence electrons. The van der Waals surface area contributed by atoms with E-state index in [1.54, 1.807) is 14.0 Å². The Morgan fingerprint density at radius 1 is 1.05 bits per heavy atom. The highest BCUT2D eigenvalue weighted by Gasteiger charge is 2.14. The average Bonchev–Trinajstić information content (AvgIpc) is 2.36. The van der Waals surface area contributed by atoms with Crippen molar-refractivity contribution < 1.29 is 9.84 Å². The fourth-order valence-corrected chi connectivity index (χ4v) is 2.66. The molecular weight excluding hydrogens is 262 g/mol. The molecule has 0 amide bonds. The fraction of sp³-hybridized carbons (Fsp3) is 0.667. The summed E-state index contributed by atoms with van der Waals surface area (Å²) in [7, 11) is 1.70. The zero-order valence-electron chi connectivity index (χ0n) is 14.4. The topological polar surface area (TPSA) is 32.7 Å². The molecule has 3 heteroatoms. The zero-order valence-corrected chi connectivity index (χ0v) is 14.4. The minimum absolute atomic E-state index is 0.446. The Balaban J connectivity index is 2.96. The lowest BCUT2D eigenvalue weighted by molar-refractivity contribution is 0.197. The number of aliphatic hydroxyl groups excluding tert-OH is 1. The standard InChI is InChI=1S/C18H31NO2/c1-13(2)10-19(11-14(3)4)12-17-9-16(15(5)20)7-8-18(17)21-6/h7-9,13-15,20H,10-12H2,1-6H3. The number of ether oxygens (including phenoxy) is 1. The fourth-order valence-electron chi connectivity index (χ4n) is 2.66. The molecule has 1 N–H and O–H groups in total. The summed E-state index contributed by atoms with van der Waals surface area (Å²) in [4.78, 5) is 2.47. The predicted molar refractivity (Wildman–Crippen MR) is 88.6 cm³/mol. The number of nitrogens with zero attached hydrogens (tertiary/aromatic N) is 1. The Bertz CT molecular complexity index is 417. The summed E-state index contributed by atoms with van der Waals surface area (Å²) < 4.78 is 5.48. The van der Waals surface area contributed by atoms with Gasteiger partial charge in [0.1, 0.15) is 5.75 Å². The Kier molecular flexibility index (Phi) is 7.20. The predicted octanol–water partition coefficient (Wildman–Crippen LogP) is 3.86. The van der Waals surface area contributed by atoms with Crippen molar-refractivity contribution in [2.24, 2.45) is 11.8 Å². The van der Waals surface area contributed by atoms with Gasteiger partial charge in [0, 0.05) is 25.2 Å². The SMILES string of the molecule is COc1ccc(C(C)O)cc1CN(CC(C)C)CC(C)C. The normalized spacial score (nSPS) is 13.2. The van der Waals surface area contributed by atoms with Crippen molar-refractivity contribution in [3.8, 4) is 5.75 Å². The first kappa shape index (κ1) is 18.0. The van der Waals surface area contributed by atoms with Crippen LogP contribution in [-0.4, -0.2) is 30.2 Å². The zero-order chi connectivity index (χ0) is 16.0. The van der Waals surface area contributed by atoms with E-state index in [9.17, 15) is 5.11 Å². The average molecular weight is 293 g/mol. The molecule has 1 unspecified atom stereocenters. The first-order valence-electron chi connectivity index (χ1n) is 7.90. The molecule has 0 saturated heterocycles. The Morgan fingerprint density at radius 2 is 1.62 bits per heavy atom. The van der Waals surface area contributed by atoms with E-state index in [0.717, 1.165) is 36.5 Å². The van der Waals surface area contributed by atoms with Crippen molar-refractivity contribution in [1.29, 1.82) is 0 Å². The molecule has 1 atom stereocenters. The molecule has 0 aromatic heterocycles. The van der Waals surface area contributed by atoms with Crippen molar-refractivity contribution in [3.05, 3.63) is 29.3 Å². The van der Waals surface area contributed by atoms with Crippen LogP contribution >= 0.6 is 0 Å². The summed E-state index contributed by atoms with van der Waals surface area (Å²) in [5.41, 5.74) is 2.09. The van der Waals surface area contributed by atoms with E-state index in [2.05, 4.69) is 38.7 Å². The van der Waals surface area contributed by atoms with E-state index in [1.807, 2.05) is 12.1 Å². The number of aliphatic hydroxyl groups is 1. The third-order valence-electron chi connectivity index (χ3n) is 3.43. The van der Waals surface area contributed by atoms with Crippen LogP contribution in [0.25, 0.3) is 0 Å². The minimum Gasteiger partial charge on any atom is -0.496 e. The van der Waals surface area contributed by atoms with Crippen molar-refractivity contribution in [3.63, 3.8) is 0 Å². The summed E-state index contributed by atoms with van der Waals surface area (Å²) in [6, 6.07) is 5.96. The highest BCUT2D eigenvalue weighted by Crippen LogP contribution is 2.25. The van der Waals surface area contributed by atoms with E-state index < -0.39 is 6.10 Å². The lowest BCUT2D eigenvalue weighted by Gasteiger charge is -2.27. The molecule has 0 saturated carbocycles. The molecule has 1 aromatic rings. The minimum atomic E-state index is -0.446. The highest BCUT2D eigenvalue weighted by molar-refractivity contribution is 5.38. The molecule has 1 aromatic carbocycles. The maximum Gasteiger partial charge on any atom is 0.123 e. The van der Waals surface area contributed by atoms with Crippen LogP contribution in [0.3, 0.4) is 0 Å². The number of benzene rings is 1. The molecule has 0 aliphatic heterocycles. The second-order valence-electron chi connectivity index (χ2n) is 6.73. The van der Waals surface area contributed by atoms with Crippen LogP contribution in [0.5, 0.6) is 5.75 Å². The van der Waals surface area contributed by atoms with Gasteiger partial charge in [-0.05, 0) is 36.5 Å². The van der Waals surface area contributed by atoms with Crippen LogP contribution in [0, 0.1) is 11.8 Å². The van der Waals surface area contributed by atoms with Gasteiger partial charge in [0.15, 0.2) is 0 Å². The van der Waals surface area contributed by atoms with Gasteiger partial charge in [-0.2, -0.15) is 0 Å². The smallest absolute Gasteiger partial charge is 0.123 e. The summed E-state index contributed by atoms with van der Waals surface area (Å²) in [6.07, 6.45) is -0.446. The Morgan fingerprint density at radius 3 is 2.05 bits per heavy atom. The molecule has 1 rings (SSSR count). The van der Waals surface area contributed by atoms with Gasteiger partial charge >= 0.3 is 0 Å². The van der Waals surface area contributed by atoms with Crippen LogP contribution in [-0.2, 0) is 6.54 Å². The second-order valence-corrected chi connectivity index (χ2v) is 6.73. The van der Waals surface area contributed by atoms with E-state index in [1.165, 1.54) is 0 Å². The van der Waals surface area contributed by atoms with Gasteiger partial charge in [0.05, 0.1) is 13.2 Å². The molecule has 0 aliphatic rings. The third-order valence-corrected chi connectivity index (χ3v) is 3.43. The molecule has 0 bridgehead atoms. The Hall–Kier alpha value is -1.06.